The van der Waals surface area contributed by atoms with Crippen LogP contribution in [0, 0.1) is 20.2 Å². The van der Waals surface area contributed by atoms with Gasteiger partial charge in [0.15, 0.2) is 6.23 Å². The van der Waals surface area contributed by atoms with Crippen LogP contribution in [0.1, 0.15) is 76.3 Å². The number of esters is 1. The first kappa shape index (κ1) is 39.2. The standard InChI is InChI=1S/C34H52N6O7/c1-3-22-37(26-19-28-11-15-30(16-12-28)39(43)44)24-8-5-7-21-36-33(41)34(42)47-32(35)10-6-9-25-38(23-4-2)27-20-29-13-17-31(18-14-29)40(45)46/h11-18,32H,3-10,19-27,35H2,1-2H3,(H,36,41). The number of amides is 1. The van der Waals surface area contributed by atoms with Crippen molar-refractivity contribution >= 4 is 23.3 Å². The lowest BCUT2D eigenvalue weighted by atomic mass is 10.1. The summed E-state index contributed by atoms with van der Waals surface area (Å²) in [5.74, 6) is -1.75. The van der Waals surface area contributed by atoms with Gasteiger partial charge in [-0.05, 0) is 95.1 Å². The van der Waals surface area contributed by atoms with Gasteiger partial charge in [-0.2, -0.15) is 0 Å². The molecular weight excluding hydrogens is 604 g/mol. The zero-order chi connectivity index (χ0) is 34.4. The van der Waals surface area contributed by atoms with Crippen LogP contribution in [0.4, 0.5) is 11.4 Å². The van der Waals surface area contributed by atoms with E-state index in [1.807, 2.05) is 0 Å². The van der Waals surface area contributed by atoms with E-state index in [0.717, 1.165) is 108 Å². The lowest BCUT2D eigenvalue weighted by molar-refractivity contribution is -0.385. The van der Waals surface area contributed by atoms with E-state index < -0.39 is 28.0 Å². The normalized spacial score (nSPS) is 11.9. The van der Waals surface area contributed by atoms with Crippen LogP contribution in [0.5, 0.6) is 0 Å². The van der Waals surface area contributed by atoms with Gasteiger partial charge in [-0.1, -0.05) is 44.5 Å². The van der Waals surface area contributed by atoms with E-state index in [1.54, 1.807) is 24.3 Å². The number of nitro groups is 2. The fourth-order valence-corrected chi connectivity index (χ4v) is 5.29. The predicted molar refractivity (Wildman–Crippen MR) is 182 cm³/mol. The van der Waals surface area contributed by atoms with Gasteiger partial charge in [0.25, 0.3) is 11.4 Å². The fourth-order valence-electron chi connectivity index (χ4n) is 5.29. The molecule has 0 spiro atoms. The average molecular weight is 657 g/mol. The van der Waals surface area contributed by atoms with Crippen molar-refractivity contribution in [3.05, 3.63) is 79.9 Å². The number of ether oxygens (including phenoxy) is 1. The Balaban J connectivity index is 1.56. The third-order valence-corrected chi connectivity index (χ3v) is 7.90. The molecule has 0 saturated heterocycles. The SMILES string of the molecule is CCCN(CCCCCNC(=O)C(=O)OC(N)CCCCN(CCC)CCc1ccc([N+](=O)[O-])cc1)CCc1ccc([N+](=O)[O-])cc1. The molecule has 13 heteroatoms. The van der Waals surface area contributed by atoms with Gasteiger partial charge >= 0.3 is 11.9 Å². The van der Waals surface area contributed by atoms with Crippen molar-refractivity contribution in [2.24, 2.45) is 5.73 Å². The zero-order valence-corrected chi connectivity index (χ0v) is 27.9. The number of hydrogen-bond donors (Lipinski definition) is 2. The Hall–Kier alpha value is -3.94. The van der Waals surface area contributed by atoms with Gasteiger partial charge in [0.2, 0.25) is 0 Å². The van der Waals surface area contributed by atoms with Crippen molar-refractivity contribution in [3.8, 4) is 0 Å². The van der Waals surface area contributed by atoms with Crippen LogP contribution in [0.3, 0.4) is 0 Å². The minimum atomic E-state index is -0.964. The van der Waals surface area contributed by atoms with Crippen molar-refractivity contribution in [1.29, 1.82) is 0 Å². The molecule has 0 bridgehead atoms. The van der Waals surface area contributed by atoms with Crippen molar-refractivity contribution in [2.45, 2.75) is 84.3 Å². The second-order valence-electron chi connectivity index (χ2n) is 11.8. The fraction of sp³-hybridized carbons (Fsp3) is 0.588. The highest BCUT2D eigenvalue weighted by atomic mass is 16.6. The van der Waals surface area contributed by atoms with Crippen LogP contribution in [-0.2, 0) is 27.2 Å². The zero-order valence-electron chi connectivity index (χ0n) is 27.9. The first-order valence-electron chi connectivity index (χ1n) is 16.8. The number of nitrogens with zero attached hydrogens (tertiary/aromatic N) is 4. The van der Waals surface area contributed by atoms with E-state index in [0.29, 0.717) is 13.0 Å². The number of nitrogens with one attached hydrogen (secondary N) is 1. The third kappa shape index (κ3) is 16.4. The first-order chi connectivity index (χ1) is 22.6. The van der Waals surface area contributed by atoms with Crippen LogP contribution >= 0.6 is 0 Å². The minimum Gasteiger partial charge on any atom is -0.440 e. The molecule has 0 fully saturated rings. The molecule has 0 heterocycles. The average Bonchev–Trinajstić information content (AvgIpc) is 3.06. The summed E-state index contributed by atoms with van der Waals surface area (Å²) < 4.78 is 5.14. The number of carbonyl (C=O) groups is 2. The Bertz CT molecular complexity index is 1230. The summed E-state index contributed by atoms with van der Waals surface area (Å²) in [4.78, 5) is 50.0. The van der Waals surface area contributed by atoms with Gasteiger partial charge in [-0.3, -0.25) is 30.8 Å². The maximum atomic E-state index is 12.2. The molecule has 0 aliphatic heterocycles. The van der Waals surface area contributed by atoms with Gasteiger partial charge in [0.1, 0.15) is 0 Å². The highest BCUT2D eigenvalue weighted by molar-refractivity contribution is 6.32. The van der Waals surface area contributed by atoms with E-state index >= 15 is 0 Å². The van der Waals surface area contributed by atoms with E-state index in [9.17, 15) is 29.8 Å². The Kier molecular flexibility index (Phi) is 18.8. The maximum Gasteiger partial charge on any atom is 0.398 e. The van der Waals surface area contributed by atoms with Gasteiger partial charge in [0, 0.05) is 43.9 Å². The van der Waals surface area contributed by atoms with Gasteiger partial charge in [-0.25, -0.2) is 4.79 Å². The van der Waals surface area contributed by atoms with Crippen LogP contribution in [-0.4, -0.2) is 83.6 Å². The lowest BCUT2D eigenvalue weighted by Gasteiger charge is -2.22. The van der Waals surface area contributed by atoms with Gasteiger partial charge in [0.05, 0.1) is 9.85 Å². The lowest BCUT2D eigenvalue weighted by Crippen LogP contribution is -2.38. The topological polar surface area (TPSA) is 174 Å². The molecule has 0 aliphatic rings. The minimum absolute atomic E-state index is 0.0890. The first-order valence-corrected chi connectivity index (χ1v) is 16.8. The summed E-state index contributed by atoms with van der Waals surface area (Å²) in [5, 5.41) is 24.3. The Morgan fingerprint density at radius 1 is 0.723 bits per heavy atom. The molecule has 47 heavy (non-hydrogen) atoms. The van der Waals surface area contributed by atoms with E-state index in [-0.39, 0.29) is 11.4 Å². The molecule has 2 aromatic rings. The van der Waals surface area contributed by atoms with Crippen LogP contribution in [0.15, 0.2) is 48.5 Å². The number of unbranched alkanes of at least 4 members (excludes halogenated alkanes) is 3. The number of benzene rings is 2. The molecule has 2 rings (SSSR count). The predicted octanol–water partition coefficient (Wildman–Crippen LogP) is 5.00. The summed E-state index contributed by atoms with van der Waals surface area (Å²) in [6, 6.07) is 13.3. The second kappa shape index (κ2) is 22.6. The largest absolute Gasteiger partial charge is 0.440 e. The molecule has 2 aromatic carbocycles. The molecule has 3 N–H and O–H groups in total. The van der Waals surface area contributed by atoms with E-state index in [2.05, 4.69) is 29.0 Å². The molecule has 260 valence electrons. The highest BCUT2D eigenvalue weighted by Gasteiger charge is 2.18. The Morgan fingerprint density at radius 3 is 1.64 bits per heavy atom. The second-order valence-corrected chi connectivity index (χ2v) is 11.8. The van der Waals surface area contributed by atoms with Crippen LogP contribution in [0.25, 0.3) is 0 Å². The number of carbonyl (C=O) groups excluding carboxylic acids is 2. The molecular formula is C34H52N6O7. The van der Waals surface area contributed by atoms with Crippen molar-refractivity contribution in [1.82, 2.24) is 15.1 Å². The summed E-state index contributed by atoms with van der Waals surface area (Å²) >= 11 is 0. The van der Waals surface area contributed by atoms with Crippen LogP contribution in [0.2, 0.25) is 0 Å². The molecule has 13 nitrogen and oxygen atoms in total. The molecule has 0 aliphatic carbocycles. The molecule has 0 aromatic heterocycles. The molecule has 0 radical (unpaired) electrons. The number of rotatable bonds is 24. The number of nitro benzene ring substituents is 2. The van der Waals surface area contributed by atoms with Crippen molar-refractivity contribution < 1.29 is 24.2 Å². The monoisotopic (exact) mass is 656 g/mol. The summed E-state index contributed by atoms with van der Waals surface area (Å²) in [7, 11) is 0. The summed E-state index contributed by atoms with van der Waals surface area (Å²) in [5.41, 5.74) is 8.27. The third-order valence-electron chi connectivity index (χ3n) is 7.90. The highest BCUT2D eigenvalue weighted by Crippen LogP contribution is 2.14. The Labute approximate surface area is 278 Å². The maximum absolute atomic E-state index is 12.2. The Morgan fingerprint density at radius 2 is 1.19 bits per heavy atom. The van der Waals surface area contributed by atoms with Gasteiger partial charge in [-0.15, -0.1) is 0 Å². The number of hydrogen-bond acceptors (Lipinski definition) is 10. The van der Waals surface area contributed by atoms with Gasteiger partial charge < -0.3 is 19.9 Å². The number of non-ortho nitro benzene ring substituents is 2. The molecule has 1 unspecified atom stereocenters. The van der Waals surface area contributed by atoms with Crippen LogP contribution < -0.4 is 11.1 Å². The summed E-state index contributed by atoms with van der Waals surface area (Å²) in [6.07, 6.45) is 7.49. The summed E-state index contributed by atoms with van der Waals surface area (Å²) in [6.45, 7) is 10.0. The quantitative estimate of drug-likeness (QED) is 0.0391. The molecule has 0 saturated carbocycles. The van der Waals surface area contributed by atoms with E-state index in [4.69, 9.17) is 10.5 Å². The molecule has 1 atom stereocenters. The van der Waals surface area contributed by atoms with E-state index in [1.165, 1.54) is 24.3 Å². The smallest absolute Gasteiger partial charge is 0.398 e. The van der Waals surface area contributed by atoms with Crippen molar-refractivity contribution in [3.63, 3.8) is 0 Å². The molecule has 1 amide bonds. The van der Waals surface area contributed by atoms with Crippen molar-refractivity contribution in [2.75, 3.05) is 45.8 Å². The number of nitrogens with two attached hydrogens (primary N) is 1.